The fourth-order valence-corrected chi connectivity index (χ4v) is 2.63. The molecule has 16 heavy (non-hydrogen) atoms. The highest BCUT2D eigenvalue weighted by Gasteiger charge is 2.27. The van der Waals surface area contributed by atoms with Crippen molar-refractivity contribution in [1.82, 2.24) is 4.98 Å². The number of rotatable bonds is 3. The van der Waals surface area contributed by atoms with Gasteiger partial charge in [-0.25, -0.2) is 4.98 Å². The van der Waals surface area contributed by atoms with Gasteiger partial charge in [0.1, 0.15) is 5.78 Å². The molecular formula is C12H11NO2S. The maximum absolute atomic E-state index is 10.8. The average molecular weight is 233 g/mol. The molecule has 1 saturated carbocycles. The number of hydrogen-bond acceptors (Lipinski definition) is 4. The third kappa shape index (κ3) is 1.80. The van der Waals surface area contributed by atoms with Gasteiger partial charge in [0.2, 0.25) is 0 Å². The summed E-state index contributed by atoms with van der Waals surface area (Å²) >= 11 is 1.56. The van der Waals surface area contributed by atoms with Crippen LogP contribution in [0.2, 0.25) is 0 Å². The van der Waals surface area contributed by atoms with Crippen molar-refractivity contribution in [2.24, 2.45) is 5.92 Å². The summed E-state index contributed by atoms with van der Waals surface area (Å²) in [4.78, 5) is 15.2. The van der Waals surface area contributed by atoms with Gasteiger partial charge < -0.3 is 4.74 Å². The van der Waals surface area contributed by atoms with Crippen molar-refractivity contribution in [3.05, 3.63) is 24.3 Å². The average Bonchev–Trinajstić information content (AvgIpc) is 2.65. The van der Waals surface area contributed by atoms with Crippen molar-refractivity contribution in [1.29, 1.82) is 0 Å². The summed E-state index contributed by atoms with van der Waals surface area (Å²) in [6.45, 7) is 0.617. The first kappa shape index (κ1) is 9.78. The normalized spacial score (nSPS) is 16.4. The summed E-state index contributed by atoms with van der Waals surface area (Å²) in [6, 6.07) is 7.98. The van der Waals surface area contributed by atoms with E-state index in [4.69, 9.17) is 4.74 Å². The van der Waals surface area contributed by atoms with Crippen LogP contribution >= 0.6 is 11.3 Å². The number of ketones is 1. The van der Waals surface area contributed by atoms with Crippen LogP contribution in [0.1, 0.15) is 12.8 Å². The van der Waals surface area contributed by atoms with Crippen LogP contribution in [0.25, 0.3) is 10.2 Å². The number of aromatic nitrogens is 1. The number of fused-ring (bicyclic) bond motifs is 1. The quantitative estimate of drug-likeness (QED) is 0.818. The fourth-order valence-electron chi connectivity index (χ4n) is 1.80. The number of hydrogen-bond donors (Lipinski definition) is 0. The van der Waals surface area contributed by atoms with Gasteiger partial charge in [-0.2, -0.15) is 0 Å². The maximum Gasteiger partial charge on any atom is 0.274 e. The Kier molecular flexibility index (Phi) is 2.36. The van der Waals surface area contributed by atoms with Gasteiger partial charge in [0.25, 0.3) is 5.19 Å². The van der Waals surface area contributed by atoms with Gasteiger partial charge in [-0.1, -0.05) is 23.5 Å². The molecule has 3 nitrogen and oxygen atoms in total. The molecule has 2 aromatic rings. The zero-order chi connectivity index (χ0) is 11.0. The molecule has 1 fully saturated rings. The topological polar surface area (TPSA) is 39.2 Å². The Bertz CT molecular complexity index is 494. The van der Waals surface area contributed by atoms with E-state index in [2.05, 4.69) is 4.98 Å². The summed E-state index contributed by atoms with van der Waals surface area (Å²) in [7, 11) is 0. The number of Topliss-reactive ketones (excluding diaryl/α,β-unsaturated/α-hetero) is 1. The second-order valence-corrected chi connectivity index (χ2v) is 5.06. The van der Waals surface area contributed by atoms with E-state index in [1.165, 1.54) is 0 Å². The summed E-state index contributed by atoms with van der Waals surface area (Å²) in [5.74, 6) is 0.748. The van der Waals surface area contributed by atoms with Crippen LogP contribution in [0.5, 0.6) is 5.19 Å². The van der Waals surface area contributed by atoms with Crippen molar-refractivity contribution in [2.75, 3.05) is 6.61 Å². The van der Waals surface area contributed by atoms with Gasteiger partial charge in [0, 0.05) is 18.8 Å². The molecule has 0 amide bonds. The lowest BCUT2D eigenvalue weighted by atomic mass is 9.85. The summed E-state index contributed by atoms with van der Waals surface area (Å²) < 4.78 is 6.74. The van der Waals surface area contributed by atoms with Crippen LogP contribution in [-0.2, 0) is 4.79 Å². The minimum absolute atomic E-state index is 0.345. The molecule has 0 saturated heterocycles. The number of carbonyl (C=O) groups is 1. The van der Waals surface area contributed by atoms with E-state index < -0.39 is 0 Å². The first-order chi connectivity index (χ1) is 7.81. The largest absolute Gasteiger partial charge is 0.470 e. The van der Waals surface area contributed by atoms with Crippen LogP contribution < -0.4 is 4.74 Å². The number of carbonyl (C=O) groups excluding carboxylic acids is 1. The van der Waals surface area contributed by atoms with E-state index >= 15 is 0 Å². The van der Waals surface area contributed by atoms with Crippen molar-refractivity contribution in [3.8, 4) is 5.19 Å². The monoisotopic (exact) mass is 233 g/mol. The number of thiazole rings is 1. The smallest absolute Gasteiger partial charge is 0.274 e. The molecule has 1 heterocycles. The molecule has 0 aliphatic heterocycles. The van der Waals surface area contributed by atoms with Crippen LogP contribution in [-0.4, -0.2) is 17.4 Å². The molecule has 3 rings (SSSR count). The number of nitrogens with zero attached hydrogens (tertiary/aromatic N) is 1. The van der Waals surface area contributed by atoms with E-state index in [0.717, 1.165) is 10.2 Å². The Morgan fingerprint density at radius 3 is 2.94 bits per heavy atom. The fraction of sp³-hybridized carbons (Fsp3) is 0.333. The second-order valence-electron chi connectivity index (χ2n) is 4.07. The molecule has 82 valence electrons. The zero-order valence-electron chi connectivity index (χ0n) is 8.68. The van der Waals surface area contributed by atoms with Gasteiger partial charge in [0.05, 0.1) is 16.8 Å². The predicted octanol–water partition coefficient (Wildman–Crippen LogP) is 2.65. The SMILES string of the molecule is O=C1CC(COc2nc3ccccc3s2)C1. The Hall–Kier alpha value is -1.42. The molecule has 1 aliphatic rings. The highest BCUT2D eigenvalue weighted by Crippen LogP contribution is 2.29. The van der Waals surface area contributed by atoms with Crippen LogP contribution in [0.4, 0.5) is 0 Å². The van der Waals surface area contributed by atoms with E-state index in [1.54, 1.807) is 11.3 Å². The lowest BCUT2D eigenvalue weighted by molar-refractivity contribution is -0.127. The Labute approximate surface area is 97.1 Å². The molecular weight excluding hydrogens is 222 g/mol. The standard InChI is InChI=1S/C12H11NO2S/c14-9-5-8(6-9)7-15-12-13-10-3-1-2-4-11(10)16-12/h1-4,8H,5-7H2. The molecule has 0 radical (unpaired) electrons. The number of benzene rings is 1. The molecule has 1 aliphatic carbocycles. The Balaban J connectivity index is 1.67. The van der Waals surface area contributed by atoms with E-state index in [1.807, 2.05) is 24.3 Å². The third-order valence-corrected chi connectivity index (χ3v) is 3.70. The Morgan fingerprint density at radius 2 is 2.19 bits per heavy atom. The van der Waals surface area contributed by atoms with Gasteiger partial charge in [-0.05, 0) is 12.1 Å². The lowest BCUT2D eigenvalue weighted by Crippen LogP contribution is -2.28. The zero-order valence-corrected chi connectivity index (χ0v) is 9.50. The highest BCUT2D eigenvalue weighted by atomic mass is 32.1. The van der Waals surface area contributed by atoms with Crippen LogP contribution in [0.3, 0.4) is 0 Å². The van der Waals surface area contributed by atoms with Crippen LogP contribution in [0, 0.1) is 5.92 Å². The highest BCUT2D eigenvalue weighted by molar-refractivity contribution is 7.20. The molecule has 0 bridgehead atoms. The molecule has 4 heteroatoms. The van der Waals surface area contributed by atoms with E-state index in [-0.39, 0.29) is 0 Å². The van der Waals surface area contributed by atoms with E-state index in [9.17, 15) is 4.79 Å². The molecule has 0 unspecified atom stereocenters. The number of para-hydroxylation sites is 1. The molecule has 1 aromatic carbocycles. The van der Waals surface area contributed by atoms with Gasteiger partial charge in [-0.3, -0.25) is 4.79 Å². The molecule has 0 spiro atoms. The van der Waals surface area contributed by atoms with Gasteiger partial charge in [0.15, 0.2) is 0 Å². The second kappa shape index (κ2) is 3.87. The summed E-state index contributed by atoms with van der Waals surface area (Å²) in [5.41, 5.74) is 0.979. The molecule has 0 N–H and O–H groups in total. The first-order valence-corrected chi connectivity index (χ1v) is 6.13. The first-order valence-electron chi connectivity index (χ1n) is 5.31. The minimum Gasteiger partial charge on any atom is -0.470 e. The molecule has 1 aromatic heterocycles. The van der Waals surface area contributed by atoms with Crippen molar-refractivity contribution in [3.63, 3.8) is 0 Å². The summed E-state index contributed by atoms with van der Waals surface area (Å²) in [5, 5.41) is 0.709. The van der Waals surface area contributed by atoms with Gasteiger partial charge >= 0.3 is 0 Å². The Morgan fingerprint density at radius 1 is 1.38 bits per heavy atom. The summed E-state index contributed by atoms with van der Waals surface area (Å²) in [6.07, 6.45) is 1.34. The minimum atomic E-state index is 0.345. The van der Waals surface area contributed by atoms with Crippen molar-refractivity contribution >= 4 is 27.3 Å². The predicted molar refractivity (Wildman–Crippen MR) is 62.8 cm³/mol. The molecule has 0 atom stereocenters. The van der Waals surface area contributed by atoms with Crippen LogP contribution in [0.15, 0.2) is 24.3 Å². The van der Waals surface area contributed by atoms with E-state index in [0.29, 0.717) is 36.3 Å². The van der Waals surface area contributed by atoms with Gasteiger partial charge in [-0.15, -0.1) is 0 Å². The number of ether oxygens (including phenoxy) is 1. The van der Waals surface area contributed by atoms with Crippen molar-refractivity contribution in [2.45, 2.75) is 12.8 Å². The lowest BCUT2D eigenvalue weighted by Gasteiger charge is -2.22. The van der Waals surface area contributed by atoms with Crippen molar-refractivity contribution < 1.29 is 9.53 Å². The maximum atomic E-state index is 10.8. The third-order valence-electron chi connectivity index (χ3n) is 2.75.